The summed E-state index contributed by atoms with van der Waals surface area (Å²) in [5.74, 6) is 0. The summed E-state index contributed by atoms with van der Waals surface area (Å²) in [7, 11) is 0. The van der Waals surface area contributed by atoms with E-state index < -0.39 is 0 Å². The van der Waals surface area contributed by atoms with Crippen LogP contribution in [-0.4, -0.2) is 11.7 Å². The van der Waals surface area contributed by atoms with Crippen molar-refractivity contribution in [2.24, 2.45) is 0 Å². The van der Waals surface area contributed by atoms with Gasteiger partial charge in [-0.25, -0.2) is 0 Å². The fourth-order valence-electron chi connectivity index (χ4n) is 0. The van der Waals surface area contributed by atoms with Crippen LogP contribution in [0.3, 0.4) is 0 Å². The minimum Gasteiger partial charge on any atom is -0.396 e. The van der Waals surface area contributed by atoms with Crippen LogP contribution in [0.2, 0.25) is 0 Å². The molecule has 0 aliphatic heterocycles. The van der Waals surface area contributed by atoms with Crippen molar-refractivity contribution in [3.63, 3.8) is 0 Å². The highest BCUT2D eigenvalue weighted by Gasteiger charge is 1.57. The van der Waals surface area contributed by atoms with Crippen LogP contribution in [0, 0.1) is 0 Å². The Morgan fingerprint density at radius 3 is 1.80 bits per heavy atom. The van der Waals surface area contributed by atoms with Crippen molar-refractivity contribution in [1.29, 1.82) is 0 Å². The highest BCUT2D eigenvalue weighted by Crippen LogP contribution is 1.61. The van der Waals surface area contributed by atoms with Gasteiger partial charge in [0.05, 0.1) is 0 Å². The molecule has 0 bridgehead atoms. The molecule has 0 unspecified atom stereocenters. The molecule has 0 aromatic carbocycles. The van der Waals surface area contributed by atoms with Crippen molar-refractivity contribution in [1.82, 2.24) is 0 Å². The largest absolute Gasteiger partial charge is 0.396 e. The Kier molecular flexibility index (Phi) is 15.9. The van der Waals surface area contributed by atoms with Gasteiger partial charge in [-0.2, -0.15) is 13.5 Å². The molecular weight excluding hydrogens is 84.1 g/mol. The van der Waals surface area contributed by atoms with Gasteiger partial charge in [-0.05, 0) is 6.42 Å². The number of rotatable bonds is 1. The van der Waals surface area contributed by atoms with E-state index in [1.807, 2.05) is 6.92 Å². The SMILES string of the molecule is CCCO.S. The minimum atomic E-state index is 0. The second kappa shape index (κ2) is 8.85. The van der Waals surface area contributed by atoms with Gasteiger partial charge < -0.3 is 5.11 Å². The summed E-state index contributed by atoms with van der Waals surface area (Å²) in [4.78, 5) is 0. The Morgan fingerprint density at radius 1 is 1.60 bits per heavy atom. The third-order valence-electron chi connectivity index (χ3n) is 0.224. The van der Waals surface area contributed by atoms with Gasteiger partial charge in [-0.3, -0.25) is 0 Å². The molecule has 0 aromatic rings. The van der Waals surface area contributed by atoms with Crippen molar-refractivity contribution in [3.05, 3.63) is 0 Å². The zero-order chi connectivity index (χ0) is 3.41. The monoisotopic (exact) mass is 94.0 g/mol. The molecule has 0 fully saturated rings. The Morgan fingerprint density at radius 2 is 1.80 bits per heavy atom. The minimum absolute atomic E-state index is 0. The van der Waals surface area contributed by atoms with Crippen LogP contribution in [0.1, 0.15) is 13.3 Å². The van der Waals surface area contributed by atoms with Gasteiger partial charge in [0.2, 0.25) is 0 Å². The van der Waals surface area contributed by atoms with Gasteiger partial charge >= 0.3 is 0 Å². The van der Waals surface area contributed by atoms with E-state index in [9.17, 15) is 0 Å². The topological polar surface area (TPSA) is 20.2 Å². The lowest BCUT2D eigenvalue weighted by Crippen LogP contribution is -1.69. The maximum absolute atomic E-state index is 7.88. The van der Waals surface area contributed by atoms with Crippen molar-refractivity contribution in [2.75, 3.05) is 6.61 Å². The van der Waals surface area contributed by atoms with Crippen LogP contribution in [0.25, 0.3) is 0 Å². The Hall–Kier alpha value is 0.310. The van der Waals surface area contributed by atoms with E-state index in [1.54, 1.807) is 0 Å². The molecule has 0 aliphatic rings. The van der Waals surface area contributed by atoms with Crippen molar-refractivity contribution < 1.29 is 5.11 Å². The van der Waals surface area contributed by atoms with Crippen molar-refractivity contribution in [3.8, 4) is 0 Å². The standard InChI is InChI=1S/C3H8O.H2S/c1-2-3-4;/h4H,2-3H2,1H3;1H2. The molecule has 0 aliphatic carbocycles. The molecule has 2 heteroatoms. The number of aliphatic hydroxyl groups excluding tert-OH is 1. The quantitative estimate of drug-likeness (QED) is 0.501. The summed E-state index contributed by atoms with van der Waals surface area (Å²) in [5.41, 5.74) is 0. The third-order valence-corrected chi connectivity index (χ3v) is 0.224. The van der Waals surface area contributed by atoms with Crippen molar-refractivity contribution >= 4 is 13.5 Å². The van der Waals surface area contributed by atoms with Crippen LogP contribution < -0.4 is 0 Å². The molecule has 1 N–H and O–H groups in total. The van der Waals surface area contributed by atoms with Crippen LogP contribution >= 0.6 is 13.5 Å². The van der Waals surface area contributed by atoms with Crippen LogP contribution in [0.5, 0.6) is 0 Å². The van der Waals surface area contributed by atoms with Crippen LogP contribution in [0.15, 0.2) is 0 Å². The van der Waals surface area contributed by atoms with E-state index >= 15 is 0 Å². The highest BCUT2D eigenvalue weighted by atomic mass is 32.1. The van der Waals surface area contributed by atoms with E-state index in [2.05, 4.69) is 0 Å². The predicted molar refractivity (Wildman–Crippen MR) is 27.8 cm³/mol. The van der Waals surface area contributed by atoms with Crippen molar-refractivity contribution in [2.45, 2.75) is 13.3 Å². The first-order valence-corrected chi connectivity index (χ1v) is 1.52. The van der Waals surface area contributed by atoms with E-state index in [4.69, 9.17) is 5.11 Å². The van der Waals surface area contributed by atoms with Crippen LogP contribution in [0.4, 0.5) is 0 Å². The van der Waals surface area contributed by atoms with E-state index in [0.29, 0.717) is 6.61 Å². The lowest BCUT2D eigenvalue weighted by Gasteiger charge is -1.69. The zero-order valence-corrected chi connectivity index (χ0v) is 4.36. The van der Waals surface area contributed by atoms with Gasteiger partial charge in [-0.1, -0.05) is 6.92 Å². The number of aliphatic hydroxyl groups is 1. The molecule has 1 nitrogen and oxygen atoms in total. The second-order valence-corrected chi connectivity index (χ2v) is 0.724. The third kappa shape index (κ3) is 13.4. The van der Waals surface area contributed by atoms with E-state index in [1.165, 1.54) is 0 Å². The smallest absolute Gasteiger partial charge is 0.0428 e. The molecule has 0 rings (SSSR count). The molecule has 5 heavy (non-hydrogen) atoms. The molecule has 0 saturated carbocycles. The van der Waals surface area contributed by atoms with Gasteiger partial charge in [0, 0.05) is 6.61 Å². The normalized spacial score (nSPS) is 6.00. The first kappa shape index (κ1) is 9.00. The Balaban J connectivity index is 0. The first-order valence-electron chi connectivity index (χ1n) is 1.52. The fourth-order valence-corrected chi connectivity index (χ4v) is 0. The molecule has 0 saturated heterocycles. The zero-order valence-electron chi connectivity index (χ0n) is 3.36. The van der Waals surface area contributed by atoms with Gasteiger partial charge in [-0.15, -0.1) is 0 Å². The average Bonchev–Trinajstić information content (AvgIpc) is 1.37. The summed E-state index contributed by atoms with van der Waals surface area (Å²) in [6.07, 6.45) is 0.875. The van der Waals surface area contributed by atoms with E-state index in [-0.39, 0.29) is 13.5 Å². The maximum Gasteiger partial charge on any atom is 0.0428 e. The molecule has 0 aromatic heterocycles. The molecule has 0 radical (unpaired) electrons. The number of hydrogen-bond acceptors (Lipinski definition) is 1. The summed E-state index contributed by atoms with van der Waals surface area (Å²) in [6, 6.07) is 0. The summed E-state index contributed by atoms with van der Waals surface area (Å²) in [5, 5.41) is 7.88. The molecule has 34 valence electrons. The highest BCUT2D eigenvalue weighted by molar-refractivity contribution is 7.59. The lowest BCUT2D eigenvalue weighted by molar-refractivity contribution is 0.295. The van der Waals surface area contributed by atoms with Crippen LogP contribution in [-0.2, 0) is 0 Å². The maximum atomic E-state index is 7.88. The molecule has 0 amide bonds. The number of hydrogen-bond donors (Lipinski definition) is 1. The van der Waals surface area contributed by atoms with E-state index in [0.717, 1.165) is 6.42 Å². The average molecular weight is 94.2 g/mol. The summed E-state index contributed by atoms with van der Waals surface area (Å²) < 4.78 is 0. The lowest BCUT2D eigenvalue weighted by atomic mass is 10.5. The van der Waals surface area contributed by atoms with Gasteiger partial charge in [0.25, 0.3) is 0 Å². The van der Waals surface area contributed by atoms with Gasteiger partial charge in [0.15, 0.2) is 0 Å². The molecule has 0 spiro atoms. The second-order valence-electron chi connectivity index (χ2n) is 0.724. The Bertz CT molecular complexity index is 8.85. The summed E-state index contributed by atoms with van der Waals surface area (Å²) >= 11 is 0. The fraction of sp³-hybridized carbons (Fsp3) is 1.00. The molecule has 0 heterocycles. The molecule has 0 atom stereocenters. The Labute approximate surface area is 39.5 Å². The molecular formula is C3H10OS. The first-order chi connectivity index (χ1) is 1.91. The predicted octanol–water partition coefficient (Wildman–Crippen LogP) is 0.501. The summed E-state index contributed by atoms with van der Waals surface area (Å²) in [6.45, 7) is 2.25. The van der Waals surface area contributed by atoms with Gasteiger partial charge in [0.1, 0.15) is 0 Å².